The fourth-order valence-electron chi connectivity index (χ4n) is 1.68. The van der Waals surface area contributed by atoms with Gasteiger partial charge in [0, 0.05) is 38.3 Å². The molecule has 3 rings (SSSR count). The van der Waals surface area contributed by atoms with Crippen molar-refractivity contribution in [2.24, 2.45) is 0 Å². The molecule has 0 fully saturated rings. The maximum absolute atomic E-state index is 12.0. The van der Waals surface area contributed by atoms with Crippen molar-refractivity contribution < 1.29 is 37.1 Å². The predicted octanol–water partition coefficient (Wildman–Crippen LogP) is 2.74. The van der Waals surface area contributed by atoms with E-state index >= 15 is 0 Å². The minimum absolute atomic E-state index is 0. The first-order chi connectivity index (χ1) is 7.36. The van der Waals surface area contributed by atoms with Gasteiger partial charge in [-0.1, -0.05) is 12.1 Å². The third kappa shape index (κ3) is 1.72. The average Bonchev–Trinajstić information content (AvgIpc) is 2.30. The Morgan fingerprint density at radius 2 is 1.75 bits per heavy atom. The van der Waals surface area contributed by atoms with Crippen molar-refractivity contribution in [3.05, 3.63) is 58.8 Å². The number of rotatable bonds is 0. The minimum Gasteiger partial charge on any atom is -0.482 e. The normalized spacial score (nSPS) is 10.2. The first-order valence-electron chi connectivity index (χ1n) is 4.68. The standard InChI is InChI=1S/C13H7O2.Y/c14-13-9-5-1-3-7-11(9)15-12-8-4-2-6-10(12)13;/h1-7H;/q-1;. The van der Waals surface area contributed by atoms with E-state index in [1.54, 1.807) is 30.3 Å². The van der Waals surface area contributed by atoms with E-state index in [-0.39, 0.29) is 38.1 Å². The number of hydrogen-bond acceptors (Lipinski definition) is 2. The Labute approximate surface area is 117 Å². The third-order valence-corrected chi connectivity index (χ3v) is 2.41. The molecule has 1 heterocycles. The molecule has 0 atom stereocenters. The molecule has 0 unspecified atom stereocenters. The van der Waals surface area contributed by atoms with E-state index in [0.717, 1.165) is 0 Å². The van der Waals surface area contributed by atoms with Crippen molar-refractivity contribution in [2.45, 2.75) is 0 Å². The fraction of sp³-hybridized carbons (Fsp3) is 0. The van der Waals surface area contributed by atoms with Crippen molar-refractivity contribution in [3.8, 4) is 0 Å². The van der Waals surface area contributed by atoms with Gasteiger partial charge in [-0.25, -0.2) is 0 Å². The van der Waals surface area contributed by atoms with E-state index in [1.165, 1.54) is 0 Å². The summed E-state index contributed by atoms with van der Waals surface area (Å²) in [4.78, 5) is 12.0. The van der Waals surface area contributed by atoms with Gasteiger partial charge in [-0.3, -0.25) is 0 Å². The zero-order chi connectivity index (χ0) is 10.3. The SMILES string of the molecule is O=c1c2ccc[c-]c2oc2ccccc12.[Y]. The van der Waals surface area contributed by atoms with Crippen molar-refractivity contribution >= 4 is 21.9 Å². The van der Waals surface area contributed by atoms with Crippen LogP contribution < -0.4 is 5.43 Å². The van der Waals surface area contributed by atoms with Gasteiger partial charge >= 0.3 is 0 Å². The molecule has 0 saturated carbocycles. The quantitative estimate of drug-likeness (QED) is 0.469. The van der Waals surface area contributed by atoms with Gasteiger partial charge in [-0.15, -0.1) is 6.07 Å². The second kappa shape index (κ2) is 4.48. The van der Waals surface area contributed by atoms with Crippen LogP contribution in [0.4, 0.5) is 0 Å². The van der Waals surface area contributed by atoms with Crippen molar-refractivity contribution in [2.75, 3.05) is 0 Å². The number of para-hydroxylation sites is 2. The molecule has 1 aromatic heterocycles. The second-order valence-corrected chi connectivity index (χ2v) is 3.34. The van der Waals surface area contributed by atoms with Gasteiger partial charge in [0.2, 0.25) is 0 Å². The summed E-state index contributed by atoms with van der Waals surface area (Å²) in [6.45, 7) is 0. The van der Waals surface area contributed by atoms with Crippen LogP contribution in [0.15, 0.2) is 51.7 Å². The van der Waals surface area contributed by atoms with E-state index in [4.69, 9.17) is 4.42 Å². The van der Waals surface area contributed by atoms with Gasteiger partial charge in [0.15, 0.2) is 0 Å². The minimum atomic E-state index is 0. The van der Waals surface area contributed by atoms with Gasteiger partial charge in [0.05, 0.1) is 5.39 Å². The topological polar surface area (TPSA) is 30.2 Å². The van der Waals surface area contributed by atoms with Crippen molar-refractivity contribution in [1.29, 1.82) is 0 Å². The molecule has 0 bridgehead atoms. The maximum Gasteiger partial charge on any atom is 0.146 e. The van der Waals surface area contributed by atoms with Crippen LogP contribution in [0.5, 0.6) is 0 Å². The summed E-state index contributed by atoms with van der Waals surface area (Å²) >= 11 is 0. The van der Waals surface area contributed by atoms with Crippen LogP contribution in [-0.4, -0.2) is 0 Å². The molecule has 1 radical (unpaired) electrons. The molecule has 0 aliphatic carbocycles. The summed E-state index contributed by atoms with van der Waals surface area (Å²) in [5.74, 6) is 0. The third-order valence-electron chi connectivity index (χ3n) is 2.41. The summed E-state index contributed by atoms with van der Waals surface area (Å²) in [7, 11) is 0. The van der Waals surface area contributed by atoms with Gasteiger partial charge in [0.1, 0.15) is 11.0 Å². The first kappa shape index (κ1) is 11.5. The molecule has 0 saturated heterocycles. The monoisotopic (exact) mass is 284 g/mol. The Hall–Kier alpha value is -0.986. The van der Waals surface area contributed by atoms with E-state index in [2.05, 4.69) is 6.07 Å². The van der Waals surface area contributed by atoms with Crippen LogP contribution >= 0.6 is 0 Å². The Morgan fingerprint density at radius 3 is 2.62 bits per heavy atom. The Balaban J connectivity index is 0.000000963. The Morgan fingerprint density at radius 1 is 1.00 bits per heavy atom. The van der Waals surface area contributed by atoms with E-state index in [0.29, 0.717) is 21.9 Å². The van der Waals surface area contributed by atoms with Gasteiger partial charge in [0.25, 0.3) is 0 Å². The summed E-state index contributed by atoms with van der Waals surface area (Å²) in [5.41, 5.74) is 1.13. The molecule has 3 heteroatoms. The molecule has 0 amide bonds. The van der Waals surface area contributed by atoms with Crippen LogP contribution in [0.1, 0.15) is 0 Å². The predicted molar refractivity (Wildman–Crippen MR) is 58.8 cm³/mol. The number of hydrogen-bond donors (Lipinski definition) is 0. The summed E-state index contributed by atoms with van der Waals surface area (Å²) in [6.07, 6.45) is 0. The fourth-order valence-corrected chi connectivity index (χ4v) is 1.68. The maximum atomic E-state index is 12.0. The Kier molecular flexibility index (Phi) is 3.22. The molecule has 75 valence electrons. The van der Waals surface area contributed by atoms with Gasteiger partial charge in [-0.05, 0) is 17.5 Å². The Bertz CT molecular complexity index is 644. The molecule has 0 aliphatic heterocycles. The summed E-state index contributed by atoms with van der Waals surface area (Å²) in [5, 5.41) is 1.20. The first-order valence-corrected chi connectivity index (χ1v) is 4.68. The zero-order valence-corrected chi connectivity index (χ0v) is 11.3. The average molecular weight is 284 g/mol. The van der Waals surface area contributed by atoms with Crippen molar-refractivity contribution in [1.82, 2.24) is 0 Å². The van der Waals surface area contributed by atoms with Crippen LogP contribution in [0.2, 0.25) is 0 Å². The van der Waals surface area contributed by atoms with Crippen LogP contribution in [0.3, 0.4) is 0 Å². The largest absolute Gasteiger partial charge is 0.482 e. The van der Waals surface area contributed by atoms with E-state index in [1.807, 2.05) is 12.1 Å². The van der Waals surface area contributed by atoms with Crippen LogP contribution in [0.25, 0.3) is 21.9 Å². The van der Waals surface area contributed by atoms with Gasteiger partial charge in [-0.2, -0.15) is 18.2 Å². The molecular weight excluding hydrogens is 277 g/mol. The molecular formula is C13H7O2Y-. The van der Waals surface area contributed by atoms with Crippen molar-refractivity contribution in [3.63, 3.8) is 0 Å². The van der Waals surface area contributed by atoms with Crippen LogP contribution in [0, 0.1) is 6.07 Å². The number of benzene rings is 2. The molecule has 0 N–H and O–H groups in total. The second-order valence-electron chi connectivity index (χ2n) is 3.34. The van der Waals surface area contributed by atoms with Crippen LogP contribution in [-0.2, 0) is 32.7 Å². The molecule has 2 aromatic carbocycles. The smallest absolute Gasteiger partial charge is 0.146 e. The zero-order valence-electron chi connectivity index (χ0n) is 8.44. The molecule has 16 heavy (non-hydrogen) atoms. The summed E-state index contributed by atoms with van der Waals surface area (Å²) in [6, 6.07) is 15.4. The molecule has 0 spiro atoms. The van der Waals surface area contributed by atoms with E-state index in [9.17, 15) is 4.79 Å². The molecule has 0 aliphatic rings. The van der Waals surface area contributed by atoms with Gasteiger partial charge < -0.3 is 9.21 Å². The summed E-state index contributed by atoms with van der Waals surface area (Å²) < 4.78 is 5.57. The molecule has 2 nitrogen and oxygen atoms in total. The van der Waals surface area contributed by atoms with E-state index < -0.39 is 0 Å². The molecule has 3 aromatic rings. The number of fused-ring (bicyclic) bond motifs is 2.